The zero-order valence-corrected chi connectivity index (χ0v) is 5.18. The van der Waals surface area contributed by atoms with Crippen LogP contribution >= 0.6 is 0 Å². The summed E-state index contributed by atoms with van der Waals surface area (Å²) in [5.74, 6) is 2.42. The molecule has 8 heavy (non-hydrogen) atoms. The molecule has 0 saturated carbocycles. The zero-order chi connectivity index (χ0) is 6.41. The van der Waals surface area contributed by atoms with E-state index in [-0.39, 0.29) is 0 Å². The highest BCUT2D eigenvalue weighted by Crippen LogP contribution is 1.76. The van der Waals surface area contributed by atoms with Gasteiger partial charge in [-0.2, -0.15) is 0 Å². The second kappa shape index (κ2) is 4.14. The van der Waals surface area contributed by atoms with Crippen LogP contribution in [0.2, 0.25) is 0 Å². The molecule has 1 heteroatoms. The summed E-state index contributed by atoms with van der Waals surface area (Å²) in [6.45, 7) is 1.91. The third-order valence-corrected chi connectivity index (χ3v) is 0.713. The highest BCUT2D eigenvalue weighted by atomic mass is 14.7. The van der Waals surface area contributed by atoms with E-state index in [9.17, 15) is 0 Å². The Balaban J connectivity index is 3.98. The molecule has 42 valence electrons. The fourth-order valence-corrected chi connectivity index (χ4v) is 0.345. The van der Waals surface area contributed by atoms with E-state index >= 15 is 0 Å². The lowest BCUT2D eigenvalue weighted by Gasteiger charge is -1.80. The van der Waals surface area contributed by atoms with Gasteiger partial charge >= 0.3 is 0 Å². The van der Waals surface area contributed by atoms with Crippen molar-refractivity contribution in [3.8, 4) is 12.3 Å². The molecule has 0 atom stereocenters. The van der Waals surface area contributed by atoms with Gasteiger partial charge in [-0.15, -0.1) is 6.42 Å². The summed E-state index contributed by atoms with van der Waals surface area (Å²) in [7, 11) is 1.68. The smallest absolute Gasteiger partial charge is 0.106 e. The summed E-state index contributed by atoms with van der Waals surface area (Å²) >= 11 is 0. The predicted octanol–water partition coefficient (Wildman–Crippen LogP) is 1.27. The topological polar surface area (TPSA) is 12.4 Å². The van der Waals surface area contributed by atoms with Crippen molar-refractivity contribution in [2.24, 2.45) is 4.99 Å². The van der Waals surface area contributed by atoms with Crippen molar-refractivity contribution in [1.29, 1.82) is 0 Å². The van der Waals surface area contributed by atoms with E-state index < -0.39 is 0 Å². The molecule has 0 aliphatic carbocycles. The number of nitrogens with zero attached hydrogens (tertiary/aromatic N) is 1. The minimum Gasteiger partial charge on any atom is -0.280 e. The largest absolute Gasteiger partial charge is 0.280 e. The van der Waals surface area contributed by atoms with Gasteiger partial charge in [0.25, 0.3) is 0 Å². The number of hydrogen-bond donors (Lipinski definition) is 0. The van der Waals surface area contributed by atoms with E-state index in [4.69, 9.17) is 6.42 Å². The highest BCUT2D eigenvalue weighted by Gasteiger charge is 1.77. The van der Waals surface area contributed by atoms with Crippen LogP contribution < -0.4 is 0 Å². The van der Waals surface area contributed by atoms with E-state index in [2.05, 4.69) is 10.9 Å². The molecule has 0 amide bonds. The molecule has 0 fully saturated rings. The molecule has 0 rings (SSSR count). The van der Waals surface area contributed by atoms with Gasteiger partial charge in [0.15, 0.2) is 0 Å². The number of aliphatic imine (C=N–C) groups is 1. The first-order chi connectivity index (χ1) is 3.85. The molecule has 0 N–H and O–H groups in total. The van der Waals surface area contributed by atoms with E-state index in [1.807, 2.05) is 13.0 Å². The minimum atomic E-state index is 0.688. The average molecular weight is 107 g/mol. The Hall–Kier alpha value is -1.03. The van der Waals surface area contributed by atoms with Crippen molar-refractivity contribution in [1.82, 2.24) is 0 Å². The van der Waals surface area contributed by atoms with Crippen molar-refractivity contribution in [2.45, 2.75) is 6.92 Å². The maximum absolute atomic E-state index is 5.04. The monoisotopic (exact) mass is 107 g/mol. The van der Waals surface area contributed by atoms with Crippen molar-refractivity contribution in [2.75, 3.05) is 7.05 Å². The van der Waals surface area contributed by atoms with Gasteiger partial charge in [0.1, 0.15) is 5.71 Å². The molecule has 0 spiro atoms. The lowest BCUT2D eigenvalue weighted by Crippen LogP contribution is -1.84. The molecular formula is C7H9N. The summed E-state index contributed by atoms with van der Waals surface area (Å²) in [6.07, 6.45) is 8.69. The third kappa shape index (κ3) is 2.20. The molecule has 0 aromatic carbocycles. The second-order valence-corrected chi connectivity index (χ2v) is 1.25. The summed E-state index contributed by atoms with van der Waals surface area (Å²) in [4.78, 5) is 3.79. The van der Waals surface area contributed by atoms with E-state index in [0.717, 1.165) is 0 Å². The highest BCUT2D eigenvalue weighted by molar-refractivity contribution is 6.08. The number of allylic oxidation sites excluding steroid dienone is 2. The SMILES string of the molecule is C#CC(C=CC)=NC. The summed E-state index contributed by atoms with van der Waals surface area (Å²) in [6, 6.07) is 0. The van der Waals surface area contributed by atoms with Crippen LogP contribution in [-0.4, -0.2) is 12.8 Å². The van der Waals surface area contributed by atoms with Crippen molar-refractivity contribution in [3.63, 3.8) is 0 Å². The molecule has 0 aliphatic rings. The Kier molecular flexibility index (Phi) is 3.60. The summed E-state index contributed by atoms with van der Waals surface area (Å²) < 4.78 is 0. The van der Waals surface area contributed by atoms with E-state index in [0.29, 0.717) is 5.71 Å². The molecule has 0 bridgehead atoms. The van der Waals surface area contributed by atoms with Gasteiger partial charge in [-0.1, -0.05) is 12.0 Å². The zero-order valence-electron chi connectivity index (χ0n) is 5.18. The first-order valence-electron chi connectivity index (χ1n) is 2.41. The first kappa shape index (κ1) is 6.97. The maximum atomic E-state index is 5.04. The van der Waals surface area contributed by atoms with Crippen LogP contribution in [0.15, 0.2) is 17.1 Å². The lowest BCUT2D eigenvalue weighted by atomic mass is 10.3. The fraction of sp³-hybridized carbons (Fsp3) is 0.286. The van der Waals surface area contributed by atoms with Crippen LogP contribution in [0.4, 0.5) is 0 Å². The molecule has 1 nitrogen and oxygen atoms in total. The Morgan fingerprint density at radius 3 is 2.50 bits per heavy atom. The van der Waals surface area contributed by atoms with Crippen LogP contribution in [0, 0.1) is 12.3 Å². The quantitative estimate of drug-likeness (QED) is 0.353. The van der Waals surface area contributed by atoms with Crippen LogP contribution in [0.5, 0.6) is 0 Å². The molecule has 0 aromatic rings. The van der Waals surface area contributed by atoms with Crippen molar-refractivity contribution >= 4 is 5.71 Å². The normalized spacial score (nSPS) is 11.9. The standard InChI is InChI=1S/C7H9N/c1-4-6-7(5-2)8-3/h2,4,6H,1,3H3. The molecular weight excluding hydrogens is 98.1 g/mol. The molecule has 0 radical (unpaired) electrons. The predicted molar refractivity (Wildman–Crippen MR) is 37.0 cm³/mol. The van der Waals surface area contributed by atoms with Crippen molar-refractivity contribution in [3.05, 3.63) is 12.2 Å². The van der Waals surface area contributed by atoms with Gasteiger partial charge in [0.2, 0.25) is 0 Å². The van der Waals surface area contributed by atoms with Gasteiger partial charge < -0.3 is 0 Å². The van der Waals surface area contributed by atoms with Crippen molar-refractivity contribution < 1.29 is 0 Å². The Morgan fingerprint density at radius 2 is 2.38 bits per heavy atom. The van der Waals surface area contributed by atoms with Gasteiger partial charge in [-0.05, 0) is 13.0 Å². The Bertz CT molecular complexity index is 146. The molecule has 0 unspecified atom stereocenters. The maximum Gasteiger partial charge on any atom is 0.106 e. The van der Waals surface area contributed by atoms with Crippen LogP contribution in [0.1, 0.15) is 6.92 Å². The van der Waals surface area contributed by atoms with Crippen LogP contribution in [0.3, 0.4) is 0 Å². The summed E-state index contributed by atoms with van der Waals surface area (Å²) in [5.41, 5.74) is 0.688. The van der Waals surface area contributed by atoms with E-state index in [1.165, 1.54) is 0 Å². The fourth-order valence-electron chi connectivity index (χ4n) is 0.345. The van der Waals surface area contributed by atoms with Gasteiger partial charge in [-0.25, -0.2) is 0 Å². The summed E-state index contributed by atoms with van der Waals surface area (Å²) in [5, 5.41) is 0. The average Bonchev–Trinajstić information content (AvgIpc) is 1.83. The Labute approximate surface area is 50.1 Å². The lowest BCUT2D eigenvalue weighted by molar-refractivity contribution is 1.46. The minimum absolute atomic E-state index is 0.688. The van der Waals surface area contributed by atoms with Crippen LogP contribution in [0.25, 0.3) is 0 Å². The molecule has 0 heterocycles. The molecule has 0 saturated heterocycles. The second-order valence-electron chi connectivity index (χ2n) is 1.25. The third-order valence-electron chi connectivity index (χ3n) is 0.713. The van der Waals surface area contributed by atoms with Gasteiger partial charge in [0.05, 0.1) is 0 Å². The molecule has 0 aliphatic heterocycles. The number of rotatable bonds is 1. The van der Waals surface area contributed by atoms with E-state index in [1.54, 1.807) is 13.1 Å². The van der Waals surface area contributed by atoms with Gasteiger partial charge in [0, 0.05) is 7.05 Å². The van der Waals surface area contributed by atoms with Crippen LogP contribution in [-0.2, 0) is 0 Å². The van der Waals surface area contributed by atoms with Gasteiger partial charge in [-0.3, -0.25) is 4.99 Å². The first-order valence-corrected chi connectivity index (χ1v) is 2.41. The number of terminal acetylenes is 1. The Morgan fingerprint density at radius 1 is 1.75 bits per heavy atom. The number of hydrogen-bond acceptors (Lipinski definition) is 1. The molecule has 0 aromatic heterocycles.